The standard InChI is InChI=1S/C30H33N3O3/c1-3-35-25-16-12-24(13-17-25)33-21-23(20-29(33)34)30-31-27-8-4-5-9-28(27)32(30)18-6-7-19-36-26-14-10-22(2)11-15-26/h4-5,8-17,23H,3,6-7,18-21H2,1-2H3. The van der Waals surface area contributed by atoms with Crippen molar-refractivity contribution in [2.75, 3.05) is 24.7 Å². The Bertz CT molecular complexity index is 1310. The number of amides is 1. The average molecular weight is 484 g/mol. The SMILES string of the molecule is CCOc1ccc(N2CC(c3nc4ccccc4n3CCCCOc3ccc(C)cc3)CC2=O)cc1. The van der Waals surface area contributed by atoms with Crippen molar-refractivity contribution in [2.24, 2.45) is 0 Å². The highest BCUT2D eigenvalue weighted by atomic mass is 16.5. The smallest absolute Gasteiger partial charge is 0.227 e. The summed E-state index contributed by atoms with van der Waals surface area (Å²) < 4.78 is 13.8. The largest absolute Gasteiger partial charge is 0.494 e. The molecule has 1 atom stereocenters. The van der Waals surface area contributed by atoms with Crippen LogP contribution in [-0.2, 0) is 11.3 Å². The molecule has 186 valence electrons. The highest BCUT2D eigenvalue weighted by Gasteiger charge is 2.34. The molecule has 4 aromatic rings. The lowest BCUT2D eigenvalue weighted by atomic mass is 10.1. The third kappa shape index (κ3) is 5.23. The minimum absolute atomic E-state index is 0.0558. The Morgan fingerprint density at radius 3 is 2.42 bits per heavy atom. The molecule has 0 N–H and O–H groups in total. The molecule has 0 spiro atoms. The molecule has 1 amide bonds. The molecular weight excluding hydrogens is 450 g/mol. The summed E-state index contributed by atoms with van der Waals surface area (Å²) in [6.45, 7) is 6.82. The summed E-state index contributed by atoms with van der Waals surface area (Å²) in [6, 6.07) is 24.2. The number of aromatic nitrogens is 2. The number of anilines is 1. The van der Waals surface area contributed by atoms with E-state index in [2.05, 4.69) is 41.8 Å². The van der Waals surface area contributed by atoms with E-state index in [0.29, 0.717) is 26.2 Å². The summed E-state index contributed by atoms with van der Waals surface area (Å²) >= 11 is 0. The lowest BCUT2D eigenvalue weighted by Gasteiger charge is -2.18. The van der Waals surface area contributed by atoms with E-state index >= 15 is 0 Å². The highest BCUT2D eigenvalue weighted by Crippen LogP contribution is 2.34. The number of unbranched alkanes of at least 4 members (excludes halogenated alkanes) is 1. The first-order valence-corrected chi connectivity index (χ1v) is 12.8. The first-order valence-electron chi connectivity index (χ1n) is 12.8. The molecule has 2 heterocycles. The monoisotopic (exact) mass is 483 g/mol. The van der Waals surface area contributed by atoms with Crippen LogP contribution in [0.15, 0.2) is 72.8 Å². The summed E-state index contributed by atoms with van der Waals surface area (Å²) in [5.41, 5.74) is 4.24. The first kappa shape index (κ1) is 23.9. The van der Waals surface area contributed by atoms with Crippen LogP contribution in [0.2, 0.25) is 0 Å². The molecule has 1 fully saturated rings. The summed E-state index contributed by atoms with van der Waals surface area (Å²) in [6.07, 6.45) is 2.39. The molecule has 5 rings (SSSR count). The molecule has 1 aliphatic rings. The van der Waals surface area contributed by atoms with Gasteiger partial charge >= 0.3 is 0 Å². The van der Waals surface area contributed by atoms with Gasteiger partial charge in [-0.3, -0.25) is 4.79 Å². The fraction of sp³-hybridized carbons (Fsp3) is 0.333. The van der Waals surface area contributed by atoms with Gasteiger partial charge in [0.1, 0.15) is 17.3 Å². The van der Waals surface area contributed by atoms with Gasteiger partial charge in [0.2, 0.25) is 5.91 Å². The zero-order valence-corrected chi connectivity index (χ0v) is 21.0. The quantitative estimate of drug-likeness (QED) is 0.255. The van der Waals surface area contributed by atoms with Gasteiger partial charge in [0.05, 0.1) is 24.2 Å². The van der Waals surface area contributed by atoms with Crippen molar-refractivity contribution in [3.05, 3.63) is 84.2 Å². The van der Waals surface area contributed by atoms with Gasteiger partial charge < -0.3 is 18.9 Å². The lowest BCUT2D eigenvalue weighted by Crippen LogP contribution is -2.24. The number of fused-ring (bicyclic) bond motifs is 1. The predicted octanol–water partition coefficient (Wildman–Crippen LogP) is 6.12. The van der Waals surface area contributed by atoms with Crippen LogP contribution in [0.25, 0.3) is 11.0 Å². The average Bonchev–Trinajstić information content (AvgIpc) is 3.46. The molecule has 1 saturated heterocycles. The van der Waals surface area contributed by atoms with Crippen molar-refractivity contribution in [1.29, 1.82) is 0 Å². The molecule has 3 aromatic carbocycles. The second-order valence-corrected chi connectivity index (χ2v) is 9.31. The van der Waals surface area contributed by atoms with Crippen molar-refractivity contribution in [3.8, 4) is 11.5 Å². The second kappa shape index (κ2) is 10.9. The third-order valence-corrected chi connectivity index (χ3v) is 6.70. The molecule has 1 aliphatic heterocycles. The van der Waals surface area contributed by atoms with Gasteiger partial charge in [0.15, 0.2) is 0 Å². The molecule has 0 radical (unpaired) electrons. The number of nitrogens with zero attached hydrogens (tertiary/aromatic N) is 3. The third-order valence-electron chi connectivity index (χ3n) is 6.70. The number of hydrogen-bond donors (Lipinski definition) is 0. The van der Waals surface area contributed by atoms with E-state index in [0.717, 1.165) is 53.4 Å². The van der Waals surface area contributed by atoms with Gasteiger partial charge in [-0.25, -0.2) is 4.98 Å². The molecule has 1 unspecified atom stereocenters. The van der Waals surface area contributed by atoms with E-state index in [-0.39, 0.29) is 11.8 Å². The maximum Gasteiger partial charge on any atom is 0.227 e. The number of carbonyl (C=O) groups is 1. The number of hydrogen-bond acceptors (Lipinski definition) is 4. The van der Waals surface area contributed by atoms with Crippen molar-refractivity contribution in [2.45, 2.75) is 45.6 Å². The Hall–Kier alpha value is -3.80. The number of imidazole rings is 1. The van der Waals surface area contributed by atoms with Crippen molar-refractivity contribution in [3.63, 3.8) is 0 Å². The summed E-state index contributed by atoms with van der Waals surface area (Å²) in [5.74, 6) is 2.91. The van der Waals surface area contributed by atoms with Crippen LogP contribution in [0.1, 0.15) is 43.5 Å². The molecular formula is C30H33N3O3. The van der Waals surface area contributed by atoms with Crippen LogP contribution < -0.4 is 14.4 Å². The Morgan fingerprint density at radius 1 is 0.917 bits per heavy atom. The molecule has 36 heavy (non-hydrogen) atoms. The predicted molar refractivity (Wildman–Crippen MR) is 143 cm³/mol. The number of benzene rings is 3. The molecule has 0 aliphatic carbocycles. The fourth-order valence-electron chi connectivity index (χ4n) is 4.86. The van der Waals surface area contributed by atoms with E-state index in [4.69, 9.17) is 14.5 Å². The van der Waals surface area contributed by atoms with Crippen molar-refractivity contribution >= 4 is 22.6 Å². The maximum atomic E-state index is 13.0. The van der Waals surface area contributed by atoms with Gasteiger partial charge in [0, 0.05) is 31.1 Å². The normalized spacial score (nSPS) is 15.6. The number of carbonyl (C=O) groups excluding carboxylic acids is 1. The van der Waals surface area contributed by atoms with E-state index in [1.807, 2.05) is 54.3 Å². The van der Waals surface area contributed by atoms with E-state index < -0.39 is 0 Å². The summed E-state index contributed by atoms with van der Waals surface area (Å²) in [7, 11) is 0. The van der Waals surface area contributed by atoms with Crippen LogP contribution in [0.4, 0.5) is 5.69 Å². The van der Waals surface area contributed by atoms with Gasteiger partial charge in [-0.15, -0.1) is 0 Å². The Morgan fingerprint density at radius 2 is 1.64 bits per heavy atom. The van der Waals surface area contributed by atoms with Crippen LogP contribution in [0, 0.1) is 6.92 Å². The van der Waals surface area contributed by atoms with Crippen LogP contribution in [-0.4, -0.2) is 35.2 Å². The van der Waals surface area contributed by atoms with Crippen LogP contribution >= 0.6 is 0 Å². The second-order valence-electron chi connectivity index (χ2n) is 9.31. The fourth-order valence-corrected chi connectivity index (χ4v) is 4.86. The van der Waals surface area contributed by atoms with E-state index in [1.54, 1.807) is 0 Å². The minimum atomic E-state index is 0.0558. The Labute approximate surface area is 212 Å². The number of para-hydroxylation sites is 2. The van der Waals surface area contributed by atoms with Gasteiger partial charge in [-0.2, -0.15) is 0 Å². The van der Waals surface area contributed by atoms with E-state index in [9.17, 15) is 4.79 Å². The molecule has 6 nitrogen and oxygen atoms in total. The number of rotatable bonds is 10. The lowest BCUT2D eigenvalue weighted by molar-refractivity contribution is -0.117. The molecule has 1 aromatic heterocycles. The highest BCUT2D eigenvalue weighted by molar-refractivity contribution is 5.96. The summed E-state index contributed by atoms with van der Waals surface area (Å²) in [5, 5.41) is 0. The molecule has 0 bridgehead atoms. The van der Waals surface area contributed by atoms with Crippen molar-refractivity contribution in [1.82, 2.24) is 9.55 Å². The zero-order valence-electron chi connectivity index (χ0n) is 21.0. The van der Waals surface area contributed by atoms with Crippen molar-refractivity contribution < 1.29 is 14.3 Å². The van der Waals surface area contributed by atoms with Crippen LogP contribution in [0.5, 0.6) is 11.5 Å². The van der Waals surface area contributed by atoms with E-state index in [1.165, 1.54) is 5.56 Å². The van der Waals surface area contributed by atoms with Gasteiger partial charge in [0.25, 0.3) is 0 Å². The topological polar surface area (TPSA) is 56.6 Å². The van der Waals surface area contributed by atoms with Gasteiger partial charge in [-0.1, -0.05) is 29.8 Å². The Kier molecular flexibility index (Phi) is 7.21. The zero-order chi connectivity index (χ0) is 24.9. The number of ether oxygens (including phenoxy) is 2. The first-order chi connectivity index (χ1) is 17.6. The molecule has 6 heteroatoms. The van der Waals surface area contributed by atoms with Crippen LogP contribution in [0.3, 0.4) is 0 Å². The molecule has 0 saturated carbocycles. The maximum absolute atomic E-state index is 13.0. The number of aryl methyl sites for hydroxylation is 2. The Balaban J connectivity index is 1.27. The minimum Gasteiger partial charge on any atom is -0.494 e. The van der Waals surface area contributed by atoms with Gasteiger partial charge in [-0.05, 0) is 75.2 Å². The summed E-state index contributed by atoms with van der Waals surface area (Å²) in [4.78, 5) is 19.8.